The maximum atomic E-state index is 13.1. The molecule has 7 N–H and O–H groups in total. The molecule has 1 heterocycles. The maximum Gasteiger partial charge on any atom is 0.397 e. The molecule has 14 heteroatoms. The van der Waals surface area contributed by atoms with E-state index in [1.54, 1.807) is 0 Å². The Morgan fingerprint density at radius 1 is 0.695 bits per heavy atom. The summed E-state index contributed by atoms with van der Waals surface area (Å²) in [5.41, 5.74) is 0. The average Bonchev–Trinajstić information content (AvgIpc) is 3.20. The summed E-state index contributed by atoms with van der Waals surface area (Å²) >= 11 is 0. The Morgan fingerprint density at radius 3 is 1.69 bits per heavy atom. The first kappa shape index (κ1) is 55.3. The number of ether oxygens (including phenoxy) is 2. The van der Waals surface area contributed by atoms with Gasteiger partial charge in [-0.1, -0.05) is 166 Å². The molecule has 1 aliphatic rings. The maximum absolute atomic E-state index is 13.1. The lowest BCUT2D eigenvalue weighted by molar-refractivity contribution is -0.298. The van der Waals surface area contributed by atoms with Crippen LogP contribution in [0.5, 0.6) is 0 Å². The molecule has 0 aliphatic carbocycles. The zero-order valence-electron chi connectivity index (χ0n) is 36.4. The van der Waals surface area contributed by atoms with Crippen molar-refractivity contribution in [2.24, 2.45) is 0 Å². The van der Waals surface area contributed by atoms with Crippen LogP contribution >= 0.6 is 0 Å². The number of unbranched alkanes of at least 4 members (excludes halogenated alkanes) is 21. The fourth-order valence-electron chi connectivity index (χ4n) is 7.08. The van der Waals surface area contributed by atoms with Gasteiger partial charge in [0.05, 0.1) is 25.4 Å². The third kappa shape index (κ3) is 28.5. The van der Waals surface area contributed by atoms with E-state index in [1.165, 1.54) is 83.1 Å². The SMILES string of the molecule is CCCCC/C=C\C/C=C\CCCCCCCCC(O)C(=O)NC(COC1OC(CO)C(O)C(OS(=O)(=O)O)C1O)C(O)/C=C/CCCCCCCCCCCCCC. The molecule has 0 aromatic rings. The zero-order chi connectivity index (χ0) is 43.6. The number of rotatable bonds is 38. The van der Waals surface area contributed by atoms with Crippen LogP contribution in [0, 0.1) is 0 Å². The van der Waals surface area contributed by atoms with Crippen LogP contribution < -0.4 is 5.32 Å². The van der Waals surface area contributed by atoms with Crippen molar-refractivity contribution in [1.29, 1.82) is 0 Å². The molecule has 1 amide bonds. The lowest BCUT2D eigenvalue weighted by Gasteiger charge is -2.41. The molecule has 0 bridgehead atoms. The molecule has 1 fully saturated rings. The van der Waals surface area contributed by atoms with Crippen molar-refractivity contribution in [3.63, 3.8) is 0 Å². The van der Waals surface area contributed by atoms with Gasteiger partial charge >= 0.3 is 10.4 Å². The van der Waals surface area contributed by atoms with E-state index in [0.29, 0.717) is 12.8 Å². The Hall–Kier alpha value is -1.72. The van der Waals surface area contributed by atoms with E-state index < -0.39 is 78.5 Å². The van der Waals surface area contributed by atoms with Crippen LogP contribution in [0.3, 0.4) is 0 Å². The number of hydrogen-bond donors (Lipinski definition) is 7. The molecular weight excluding hydrogens is 779 g/mol. The molecule has 1 rings (SSSR count). The smallest absolute Gasteiger partial charge is 0.394 e. The van der Waals surface area contributed by atoms with Crippen molar-refractivity contribution >= 4 is 16.3 Å². The second-order valence-electron chi connectivity index (χ2n) is 16.1. The van der Waals surface area contributed by atoms with Gasteiger partial charge in [-0.15, -0.1) is 0 Å². The van der Waals surface area contributed by atoms with Crippen molar-refractivity contribution in [2.75, 3.05) is 13.2 Å². The number of carbonyl (C=O) groups is 1. The van der Waals surface area contributed by atoms with Gasteiger partial charge in [-0.2, -0.15) is 8.42 Å². The molecule has 0 radical (unpaired) electrons. The van der Waals surface area contributed by atoms with Crippen LogP contribution in [0.1, 0.15) is 181 Å². The monoisotopic (exact) mass is 862 g/mol. The van der Waals surface area contributed by atoms with Crippen LogP contribution in [0.25, 0.3) is 0 Å². The molecule has 0 aromatic heterocycles. The molecule has 8 atom stereocenters. The Bertz CT molecular complexity index is 1220. The van der Waals surface area contributed by atoms with Gasteiger partial charge in [0.1, 0.15) is 30.5 Å². The minimum absolute atomic E-state index is 0.230. The summed E-state index contributed by atoms with van der Waals surface area (Å²) in [6, 6.07) is -1.12. The topological polar surface area (TPSA) is 212 Å². The van der Waals surface area contributed by atoms with Gasteiger partial charge in [-0.25, -0.2) is 4.18 Å². The molecule has 0 spiro atoms. The summed E-state index contributed by atoms with van der Waals surface area (Å²) in [7, 11) is -5.12. The number of nitrogens with one attached hydrogen (secondary N) is 1. The zero-order valence-corrected chi connectivity index (χ0v) is 37.2. The molecule has 13 nitrogen and oxygen atoms in total. The Kier molecular flexibility index (Phi) is 33.6. The number of allylic oxidation sites excluding steroid dienone is 5. The third-order valence-corrected chi connectivity index (χ3v) is 11.2. The van der Waals surface area contributed by atoms with Gasteiger partial charge in [0.2, 0.25) is 5.91 Å². The summed E-state index contributed by atoms with van der Waals surface area (Å²) in [6.45, 7) is 3.17. The molecule has 0 aromatic carbocycles. The van der Waals surface area contributed by atoms with E-state index in [-0.39, 0.29) is 6.42 Å². The molecule has 8 unspecified atom stereocenters. The van der Waals surface area contributed by atoms with E-state index in [0.717, 1.165) is 70.6 Å². The number of amides is 1. The van der Waals surface area contributed by atoms with E-state index in [4.69, 9.17) is 9.47 Å². The molecular formula is C45H83NO12S. The van der Waals surface area contributed by atoms with Gasteiger partial charge in [0.15, 0.2) is 6.29 Å². The van der Waals surface area contributed by atoms with Crippen LogP contribution in [0.15, 0.2) is 36.5 Å². The second-order valence-corrected chi connectivity index (χ2v) is 17.2. The van der Waals surface area contributed by atoms with Gasteiger partial charge in [-0.05, 0) is 51.4 Å². The fraction of sp³-hybridized carbons (Fsp3) is 0.844. The van der Waals surface area contributed by atoms with E-state index in [2.05, 4.69) is 47.7 Å². The number of aliphatic hydroxyl groups excluding tert-OH is 5. The van der Waals surface area contributed by atoms with Crippen LogP contribution in [-0.2, 0) is 28.9 Å². The van der Waals surface area contributed by atoms with E-state index in [1.807, 2.05) is 6.08 Å². The van der Waals surface area contributed by atoms with Gasteiger partial charge < -0.3 is 40.3 Å². The van der Waals surface area contributed by atoms with Crippen molar-refractivity contribution in [3.05, 3.63) is 36.5 Å². The summed E-state index contributed by atoms with van der Waals surface area (Å²) in [5, 5.41) is 55.2. The largest absolute Gasteiger partial charge is 0.397 e. The lowest BCUT2D eigenvalue weighted by Crippen LogP contribution is -2.61. The predicted molar refractivity (Wildman–Crippen MR) is 233 cm³/mol. The van der Waals surface area contributed by atoms with Crippen molar-refractivity contribution in [3.8, 4) is 0 Å². The Morgan fingerprint density at radius 2 is 1.17 bits per heavy atom. The van der Waals surface area contributed by atoms with Gasteiger partial charge in [0.25, 0.3) is 0 Å². The minimum atomic E-state index is -5.12. The van der Waals surface area contributed by atoms with Gasteiger partial charge in [-0.3, -0.25) is 9.35 Å². The minimum Gasteiger partial charge on any atom is -0.394 e. The van der Waals surface area contributed by atoms with Crippen molar-refractivity contribution in [1.82, 2.24) is 5.32 Å². The second kappa shape index (κ2) is 35.8. The molecule has 59 heavy (non-hydrogen) atoms. The molecule has 1 saturated heterocycles. The first-order valence-electron chi connectivity index (χ1n) is 23.0. The van der Waals surface area contributed by atoms with Crippen LogP contribution in [-0.4, -0.2) is 107 Å². The fourth-order valence-corrected chi connectivity index (χ4v) is 7.59. The standard InChI is InChI=1S/C45H83NO12S/c1-3-5-7-9-11-13-15-17-19-20-22-24-26-28-30-32-34-39(49)44(52)46-37(36-56-45-42(51)43(58-59(53,54)55)41(50)40(35-47)57-45)38(48)33-31-29-27-25-23-21-18-16-14-12-10-8-6-4-2/h11,13,17,19,31,33,37-43,45,47-51H,3-10,12,14-16,18,20-30,32,34-36H2,1-2H3,(H,46,52)(H,53,54,55)/b13-11-,19-17-,33-31+. The predicted octanol–water partition coefficient (Wildman–Crippen LogP) is 7.69. The van der Waals surface area contributed by atoms with E-state index in [9.17, 15) is 43.3 Å². The highest BCUT2D eigenvalue weighted by Crippen LogP contribution is 2.26. The molecule has 1 aliphatic heterocycles. The highest BCUT2D eigenvalue weighted by molar-refractivity contribution is 7.80. The highest BCUT2D eigenvalue weighted by Gasteiger charge is 2.48. The van der Waals surface area contributed by atoms with Crippen LogP contribution in [0.2, 0.25) is 0 Å². The normalized spacial score (nSPS) is 21.8. The number of aliphatic hydroxyl groups is 5. The summed E-state index contributed by atoms with van der Waals surface area (Å²) in [4.78, 5) is 13.1. The summed E-state index contributed by atoms with van der Waals surface area (Å²) < 4.78 is 47.5. The number of hydrogen-bond acceptors (Lipinski definition) is 11. The van der Waals surface area contributed by atoms with Crippen molar-refractivity contribution < 1.29 is 57.0 Å². The third-order valence-electron chi connectivity index (χ3n) is 10.8. The molecule has 346 valence electrons. The number of carbonyl (C=O) groups excluding carboxylic acids is 1. The van der Waals surface area contributed by atoms with Crippen molar-refractivity contribution in [2.45, 2.75) is 230 Å². The summed E-state index contributed by atoms with van der Waals surface area (Å²) in [5.74, 6) is -0.712. The first-order chi connectivity index (χ1) is 28.4. The average molecular weight is 862 g/mol. The quantitative estimate of drug-likeness (QED) is 0.0181. The van der Waals surface area contributed by atoms with E-state index >= 15 is 0 Å². The first-order valence-corrected chi connectivity index (χ1v) is 24.3. The van der Waals surface area contributed by atoms with Crippen LogP contribution in [0.4, 0.5) is 0 Å². The van der Waals surface area contributed by atoms with Gasteiger partial charge in [0, 0.05) is 0 Å². The molecule has 0 saturated carbocycles. The highest BCUT2D eigenvalue weighted by atomic mass is 32.3. The Labute approximate surface area is 357 Å². The lowest BCUT2D eigenvalue weighted by atomic mass is 9.99. The Balaban J connectivity index is 2.61. The summed E-state index contributed by atoms with van der Waals surface area (Å²) in [6.07, 6.45) is 29.3.